The lowest BCUT2D eigenvalue weighted by Gasteiger charge is -2.37. The van der Waals surface area contributed by atoms with E-state index < -0.39 is 0 Å². The molecule has 2 aliphatic heterocycles. The van der Waals surface area contributed by atoms with Gasteiger partial charge in [-0.25, -0.2) is 4.39 Å². The van der Waals surface area contributed by atoms with Crippen LogP contribution in [0.15, 0.2) is 48.5 Å². The van der Waals surface area contributed by atoms with Crippen LogP contribution in [0.2, 0.25) is 0 Å². The van der Waals surface area contributed by atoms with Crippen molar-refractivity contribution >= 4 is 11.8 Å². The van der Waals surface area contributed by atoms with Crippen molar-refractivity contribution in [1.29, 1.82) is 0 Å². The largest absolute Gasteiger partial charge is 0.353 e. The van der Waals surface area contributed by atoms with E-state index in [1.54, 1.807) is 6.92 Å². The summed E-state index contributed by atoms with van der Waals surface area (Å²) in [6.07, 6.45) is 2.92. The number of hydrogen-bond acceptors (Lipinski definition) is 3. The van der Waals surface area contributed by atoms with Crippen molar-refractivity contribution in [2.45, 2.75) is 51.2 Å². The minimum absolute atomic E-state index is 0.00457. The Labute approximate surface area is 183 Å². The van der Waals surface area contributed by atoms with Crippen LogP contribution < -0.4 is 5.32 Å². The first kappa shape index (κ1) is 21.5. The molecule has 0 spiro atoms. The minimum Gasteiger partial charge on any atom is -0.353 e. The van der Waals surface area contributed by atoms with Crippen molar-refractivity contribution in [2.24, 2.45) is 0 Å². The number of amides is 2. The Bertz CT molecular complexity index is 923. The highest BCUT2D eigenvalue weighted by Crippen LogP contribution is 2.32. The van der Waals surface area contributed by atoms with E-state index >= 15 is 0 Å². The first-order valence-corrected chi connectivity index (χ1v) is 11.1. The molecule has 0 bridgehead atoms. The van der Waals surface area contributed by atoms with E-state index in [4.69, 9.17) is 0 Å². The van der Waals surface area contributed by atoms with E-state index in [-0.39, 0.29) is 29.7 Å². The summed E-state index contributed by atoms with van der Waals surface area (Å²) in [5, 5.41) is 3.20. The summed E-state index contributed by atoms with van der Waals surface area (Å²) < 4.78 is 13.1. The Morgan fingerprint density at radius 3 is 2.45 bits per heavy atom. The summed E-state index contributed by atoms with van der Waals surface area (Å²) in [7, 11) is 0. The van der Waals surface area contributed by atoms with Gasteiger partial charge in [-0.05, 0) is 48.1 Å². The van der Waals surface area contributed by atoms with Crippen molar-refractivity contribution in [3.05, 3.63) is 71.0 Å². The summed E-state index contributed by atoms with van der Waals surface area (Å²) in [4.78, 5) is 29.2. The van der Waals surface area contributed by atoms with Crippen molar-refractivity contribution in [3.63, 3.8) is 0 Å². The molecule has 1 saturated heterocycles. The van der Waals surface area contributed by atoms with Gasteiger partial charge >= 0.3 is 0 Å². The van der Waals surface area contributed by atoms with Gasteiger partial charge in [-0.1, -0.05) is 36.4 Å². The SMILES string of the molecule is CC(=O)N1CCc2ccccc2C1CC(=O)NC1CCN(Cc2ccc(F)cc2)CC1. The van der Waals surface area contributed by atoms with E-state index in [0.29, 0.717) is 13.0 Å². The first-order chi connectivity index (χ1) is 15.0. The quantitative estimate of drug-likeness (QED) is 0.802. The second-order valence-corrected chi connectivity index (χ2v) is 8.63. The number of hydrogen-bond donors (Lipinski definition) is 1. The summed E-state index contributed by atoms with van der Waals surface area (Å²) in [6, 6.07) is 14.7. The topological polar surface area (TPSA) is 52.7 Å². The zero-order valence-electron chi connectivity index (χ0n) is 18.0. The van der Waals surface area contributed by atoms with Gasteiger partial charge in [0.25, 0.3) is 0 Å². The molecule has 1 N–H and O–H groups in total. The van der Waals surface area contributed by atoms with Crippen LogP contribution in [-0.2, 0) is 22.6 Å². The van der Waals surface area contributed by atoms with Crippen molar-refractivity contribution in [1.82, 2.24) is 15.1 Å². The summed E-state index contributed by atoms with van der Waals surface area (Å²) in [5.74, 6) is -0.194. The number of rotatable bonds is 5. The molecule has 0 aromatic heterocycles. The Morgan fingerprint density at radius 2 is 1.74 bits per heavy atom. The lowest BCUT2D eigenvalue weighted by molar-refractivity contribution is -0.133. The molecule has 1 fully saturated rings. The third kappa shape index (κ3) is 5.31. The van der Waals surface area contributed by atoms with Crippen molar-refractivity contribution in [2.75, 3.05) is 19.6 Å². The van der Waals surface area contributed by atoms with Gasteiger partial charge in [0.1, 0.15) is 5.82 Å². The van der Waals surface area contributed by atoms with Crippen LogP contribution in [0.3, 0.4) is 0 Å². The highest BCUT2D eigenvalue weighted by atomic mass is 19.1. The molecule has 0 radical (unpaired) electrons. The monoisotopic (exact) mass is 423 g/mol. The van der Waals surface area contributed by atoms with Gasteiger partial charge in [-0.2, -0.15) is 0 Å². The van der Waals surface area contributed by atoms with E-state index in [1.807, 2.05) is 35.2 Å². The van der Waals surface area contributed by atoms with Crippen molar-refractivity contribution < 1.29 is 14.0 Å². The number of nitrogens with one attached hydrogen (secondary N) is 1. The predicted molar refractivity (Wildman–Crippen MR) is 118 cm³/mol. The van der Waals surface area contributed by atoms with Crippen LogP contribution in [0.4, 0.5) is 4.39 Å². The van der Waals surface area contributed by atoms with Crippen LogP contribution >= 0.6 is 0 Å². The van der Waals surface area contributed by atoms with E-state index in [9.17, 15) is 14.0 Å². The second-order valence-electron chi connectivity index (χ2n) is 8.63. The summed E-state index contributed by atoms with van der Waals surface area (Å²) in [5.41, 5.74) is 3.42. The molecule has 6 heteroatoms. The van der Waals surface area contributed by atoms with Crippen molar-refractivity contribution in [3.8, 4) is 0 Å². The highest BCUT2D eigenvalue weighted by Gasteiger charge is 2.31. The first-order valence-electron chi connectivity index (χ1n) is 11.1. The minimum atomic E-state index is -0.214. The van der Waals surface area contributed by atoms with E-state index in [0.717, 1.165) is 50.0 Å². The lowest BCUT2D eigenvalue weighted by atomic mass is 9.90. The molecule has 0 saturated carbocycles. The zero-order chi connectivity index (χ0) is 21.8. The summed E-state index contributed by atoms with van der Waals surface area (Å²) >= 11 is 0. The number of benzene rings is 2. The number of carbonyl (C=O) groups excluding carboxylic acids is 2. The van der Waals surface area contributed by atoms with Crippen LogP contribution in [-0.4, -0.2) is 47.3 Å². The Kier molecular flexibility index (Phi) is 6.66. The van der Waals surface area contributed by atoms with Gasteiger partial charge < -0.3 is 10.2 Å². The molecule has 2 aliphatic rings. The molecule has 31 heavy (non-hydrogen) atoms. The van der Waals surface area contributed by atoms with Crippen LogP contribution in [0.1, 0.15) is 48.9 Å². The molecule has 2 heterocycles. The number of nitrogens with zero attached hydrogens (tertiary/aromatic N) is 2. The maximum atomic E-state index is 13.1. The molecule has 2 amide bonds. The zero-order valence-corrected chi connectivity index (χ0v) is 18.0. The molecule has 4 rings (SSSR count). The van der Waals surface area contributed by atoms with Crippen LogP contribution in [0.5, 0.6) is 0 Å². The number of fused-ring (bicyclic) bond motifs is 1. The maximum Gasteiger partial charge on any atom is 0.222 e. The normalized spacial score (nSPS) is 19.7. The standard InChI is InChI=1S/C25H30FN3O2/c1-18(30)29-15-10-20-4-2-3-5-23(20)24(29)16-25(31)27-22-11-13-28(14-12-22)17-19-6-8-21(26)9-7-19/h2-9,22,24H,10-17H2,1H3,(H,27,31). The number of piperidine rings is 1. The molecule has 5 nitrogen and oxygen atoms in total. The fourth-order valence-electron chi connectivity index (χ4n) is 4.79. The molecule has 2 aromatic rings. The van der Waals surface area contributed by atoms with Gasteiger partial charge in [-0.15, -0.1) is 0 Å². The number of carbonyl (C=O) groups is 2. The lowest BCUT2D eigenvalue weighted by Crippen LogP contribution is -2.46. The molecule has 164 valence electrons. The fourth-order valence-corrected chi connectivity index (χ4v) is 4.79. The van der Waals surface area contributed by atoms with Gasteiger partial charge in [0.2, 0.25) is 11.8 Å². The van der Waals surface area contributed by atoms with Crippen LogP contribution in [0.25, 0.3) is 0 Å². The molecule has 0 aliphatic carbocycles. The Balaban J connectivity index is 1.31. The molecular weight excluding hydrogens is 393 g/mol. The number of likely N-dealkylation sites (tertiary alicyclic amines) is 1. The van der Waals surface area contributed by atoms with Gasteiger partial charge in [-0.3, -0.25) is 14.5 Å². The molecule has 1 atom stereocenters. The van der Waals surface area contributed by atoms with Gasteiger partial charge in [0.15, 0.2) is 0 Å². The summed E-state index contributed by atoms with van der Waals surface area (Å²) in [6.45, 7) is 4.83. The predicted octanol–water partition coefficient (Wildman–Crippen LogP) is 3.44. The number of halogens is 1. The van der Waals surface area contributed by atoms with Gasteiger partial charge in [0, 0.05) is 39.1 Å². The second kappa shape index (κ2) is 9.60. The Hall–Kier alpha value is -2.73. The van der Waals surface area contributed by atoms with Gasteiger partial charge in [0.05, 0.1) is 12.5 Å². The smallest absolute Gasteiger partial charge is 0.222 e. The maximum absolute atomic E-state index is 13.1. The highest BCUT2D eigenvalue weighted by molar-refractivity contribution is 5.80. The molecular formula is C25H30FN3O2. The molecule has 2 aromatic carbocycles. The average Bonchev–Trinajstić information content (AvgIpc) is 2.76. The fraction of sp³-hybridized carbons (Fsp3) is 0.440. The third-order valence-corrected chi connectivity index (χ3v) is 6.47. The molecule has 1 unspecified atom stereocenters. The van der Waals surface area contributed by atoms with E-state index in [1.165, 1.54) is 17.7 Å². The van der Waals surface area contributed by atoms with Crippen LogP contribution in [0, 0.1) is 5.82 Å². The third-order valence-electron chi connectivity index (χ3n) is 6.47. The Morgan fingerprint density at radius 1 is 1.03 bits per heavy atom. The van der Waals surface area contributed by atoms with E-state index in [2.05, 4.69) is 16.3 Å². The average molecular weight is 424 g/mol.